The highest BCUT2D eigenvalue weighted by Gasteiger charge is 2.30. The van der Waals surface area contributed by atoms with E-state index in [0.717, 1.165) is 0 Å². The average molecular weight is 259 g/mol. The number of carbonyl (C=O) groups excluding carboxylic acids is 2. The summed E-state index contributed by atoms with van der Waals surface area (Å²) in [4.78, 5) is 35.1. The van der Waals surface area contributed by atoms with Gasteiger partial charge in [0.15, 0.2) is 6.10 Å². The summed E-state index contributed by atoms with van der Waals surface area (Å²) in [6, 6.07) is -1.12. The number of carboxylic acid groups (broad SMARTS) is 1. The average Bonchev–Trinajstić information content (AvgIpc) is 2.61. The molecule has 3 N–H and O–H groups in total. The van der Waals surface area contributed by atoms with Gasteiger partial charge < -0.3 is 25.4 Å². The van der Waals surface area contributed by atoms with Crippen LogP contribution in [0.4, 0.5) is 4.79 Å². The predicted octanol–water partition coefficient (Wildman–Crippen LogP) is -1.38. The van der Waals surface area contributed by atoms with Crippen LogP contribution >= 0.6 is 0 Å². The van der Waals surface area contributed by atoms with Crippen LogP contribution in [0.5, 0.6) is 0 Å². The highest BCUT2D eigenvalue weighted by molar-refractivity contribution is 5.88. The summed E-state index contributed by atoms with van der Waals surface area (Å²) in [5.74, 6) is -1.30. The Hall–Kier alpha value is -1.83. The van der Waals surface area contributed by atoms with Gasteiger partial charge in [-0.1, -0.05) is 0 Å². The summed E-state index contributed by atoms with van der Waals surface area (Å²) in [6.07, 6.45) is -0.548. The number of amides is 3. The third-order valence-electron chi connectivity index (χ3n) is 2.74. The number of hydrogen-bond donors (Lipinski definition) is 3. The second-order valence-electron chi connectivity index (χ2n) is 4.02. The van der Waals surface area contributed by atoms with Gasteiger partial charge in [0.25, 0.3) is 0 Å². The molecule has 0 aliphatic carbocycles. The van der Waals surface area contributed by atoms with Crippen LogP contribution in [0.15, 0.2) is 0 Å². The highest BCUT2D eigenvalue weighted by Crippen LogP contribution is 2.07. The standard InChI is InChI=1S/C10H17N3O5/c1-13-4-3-6(8(13)14)12-10(17)11-5-7(18-2)9(15)16/h6-7H,3-5H2,1-2H3,(H,15,16)(H2,11,12,17). The minimum Gasteiger partial charge on any atom is -0.479 e. The lowest BCUT2D eigenvalue weighted by Crippen LogP contribution is -2.48. The number of hydrogen-bond acceptors (Lipinski definition) is 4. The summed E-state index contributed by atoms with van der Waals surface area (Å²) in [6.45, 7) is 0.439. The molecule has 0 aromatic heterocycles. The first-order chi connectivity index (χ1) is 8.45. The zero-order chi connectivity index (χ0) is 13.7. The fourth-order valence-electron chi connectivity index (χ4n) is 1.62. The lowest BCUT2D eigenvalue weighted by molar-refractivity contribution is -0.148. The Bertz CT molecular complexity index is 346. The van der Waals surface area contributed by atoms with E-state index >= 15 is 0 Å². The van der Waals surface area contributed by atoms with Crippen LogP contribution in [-0.2, 0) is 14.3 Å². The summed E-state index contributed by atoms with van der Waals surface area (Å²) < 4.78 is 4.65. The molecule has 0 aromatic carbocycles. The van der Waals surface area contributed by atoms with E-state index in [1.54, 1.807) is 7.05 Å². The van der Waals surface area contributed by atoms with E-state index in [1.165, 1.54) is 12.0 Å². The molecule has 1 rings (SSSR count). The number of likely N-dealkylation sites (tertiary alicyclic amines) is 1. The van der Waals surface area contributed by atoms with Gasteiger partial charge in [-0.05, 0) is 6.42 Å². The zero-order valence-electron chi connectivity index (χ0n) is 10.3. The van der Waals surface area contributed by atoms with Crippen molar-refractivity contribution in [3.8, 4) is 0 Å². The van der Waals surface area contributed by atoms with Crippen LogP contribution in [-0.4, -0.2) is 67.3 Å². The van der Waals surface area contributed by atoms with Gasteiger partial charge in [0.1, 0.15) is 6.04 Å². The Morgan fingerprint density at radius 1 is 1.61 bits per heavy atom. The van der Waals surface area contributed by atoms with Crippen molar-refractivity contribution in [2.45, 2.75) is 18.6 Å². The molecular weight excluding hydrogens is 242 g/mol. The molecule has 0 spiro atoms. The monoisotopic (exact) mass is 259 g/mol. The third-order valence-corrected chi connectivity index (χ3v) is 2.74. The molecule has 0 radical (unpaired) electrons. The molecule has 102 valence electrons. The number of aliphatic carboxylic acids is 1. The maximum atomic E-state index is 11.5. The van der Waals surface area contributed by atoms with Crippen LogP contribution in [0.3, 0.4) is 0 Å². The van der Waals surface area contributed by atoms with Crippen LogP contribution < -0.4 is 10.6 Å². The number of carboxylic acids is 1. The number of carbonyl (C=O) groups is 3. The highest BCUT2D eigenvalue weighted by atomic mass is 16.5. The number of ether oxygens (including phenoxy) is 1. The summed E-state index contributed by atoms with van der Waals surface area (Å²) >= 11 is 0. The number of nitrogens with zero attached hydrogens (tertiary/aromatic N) is 1. The van der Waals surface area contributed by atoms with Gasteiger partial charge in [-0.25, -0.2) is 9.59 Å². The molecule has 18 heavy (non-hydrogen) atoms. The quantitative estimate of drug-likeness (QED) is 0.563. The molecule has 1 aliphatic heterocycles. The van der Waals surface area contributed by atoms with Crippen molar-refractivity contribution in [2.24, 2.45) is 0 Å². The second kappa shape index (κ2) is 6.20. The van der Waals surface area contributed by atoms with Gasteiger partial charge in [-0.2, -0.15) is 0 Å². The molecule has 1 heterocycles. The van der Waals surface area contributed by atoms with E-state index in [0.29, 0.717) is 13.0 Å². The first kappa shape index (κ1) is 14.2. The normalized spacial score (nSPS) is 20.7. The van der Waals surface area contributed by atoms with Gasteiger partial charge in [-0.3, -0.25) is 4.79 Å². The largest absolute Gasteiger partial charge is 0.479 e. The molecule has 2 atom stereocenters. The fourth-order valence-corrected chi connectivity index (χ4v) is 1.62. The van der Waals surface area contributed by atoms with E-state index in [9.17, 15) is 14.4 Å². The summed E-state index contributed by atoms with van der Waals surface area (Å²) in [7, 11) is 2.90. The van der Waals surface area contributed by atoms with Crippen molar-refractivity contribution in [2.75, 3.05) is 27.2 Å². The van der Waals surface area contributed by atoms with Gasteiger partial charge >= 0.3 is 12.0 Å². The van der Waals surface area contributed by atoms with Crippen molar-refractivity contribution in [3.63, 3.8) is 0 Å². The fraction of sp³-hybridized carbons (Fsp3) is 0.700. The van der Waals surface area contributed by atoms with Gasteiger partial charge in [-0.15, -0.1) is 0 Å². The SMILES string of the molecule is COC(CNC(=O)NC1CCN(C)C1=O)C(=O)O. The Kier molecular flexibility index (Phi) is 4.90. The predicted molar refractivity (Wildman–Crippen MR) is 61.0 cm³/mol. The van der Waals surface area contributed by atoms with E-state index in [2.05, 4.69) is 15.4 Å². The maximum Gasteiger partial charge on any atom is 0.334 e. The van der Waals surface area contributed by atoms with E-state index in [-0.39, 0.29) is 12.5 Å². The molecule has 1 saturated heterocycles. The second-order valence-corrected chi connectivity index (χ2v) is 4.02. The van der Waals surface area contributed by atoms with Crippen molar-refractivity contribution >= 4 is 17.9 Å². The first-order valence-corrected chi connectivity index (χ1v) is 5.50. The molecule has 8 heteroatoms. The van der Waals surface area contributed by atoms with E-state index in [1.807, 2.05) is 0 Å². The topological polar surface area (TPSA) is 108 Å². The molecule has 3 amide bonds. The number of urea groups is 1. The Morgan fingerprint density at radius 2 is 2.28 bits per heavy atom. The smallest absolute Gasteiger partial charge is 0.334 e. The van der Waals surface area contributed by atoms with E-state index < -0.39 is 24.1 Å². The van der Waals surface area contributed by atoms with Crippen LogP contribution in [0.2, 0.25) is 0 Å². The number of rotatable bonds is 5. The Balaban J connectivity index is 2.34. The Labute approximate surface area is 104 Å². The number of methoxy groups -OCH3 is 1. The molecule has 0 saturated carbocycles. The van der Waals surface area contributed by atoms with Gasteiger partial charge in [0.2, 0.25) is 5.91 Å². The van der Waals surface area contributed by atoms with Crippen molar-refractivity contribution in [1.82, 2.24) is 15.5 Å². The summed E-state index contributed by atoms with van der Waals surface area (Å²) in [5, 5.41) is 13.5. The molecule has 1 fully saturated rings. The van der Waals surface area contributed by atoms with Crippen molar-refractivity contribution in [1.29, 1.82) is 0 Å². The number of likely N-dealkylation sites (N-methyl/N-ethyl adjacent to an activating group) is 1. The number of nitrogens with one attached hydrogen (secondary N) is 2. The minimum atomic E-state index is -1.16. The van der Waals surface area contributed by atoms with Crippen LogP contribution in [0, 0.1) is 0 Å². The molecule has 0 bridgehead atoms. The first-order valence-electron chi connectivity index (χ1n) is 5.50. The lowest BCUT2D eigenvalue weighted by Gasteiger charge is -2.15. The zero-order valence-corrected chi connectivity index (χ0v) is 10.3. The van der Waals surface area contributed by atoms with Crippen molar-refractivity contribution < 1.29 is 24.2 Å². The third kappa shape index (κ3) is 3.59. The Morgan fingerprint density at radius 3 is 2.72 bits per heavy atom. The van der Waals surface area contributed by atoms with Crippen molar-refractivity contribution in [3.05, 3.63) is 0 Å². The van der Waals surface area contributed by atoms with Gasteiger partial charge in [0.05, 0.1) is 6.54 Å². The molecule has 1 aliphatic rings. The summed E-state index contributed by atoms with van der Waals surface area (Å²) in [5.41, 5.74) is 0. The minimum absolute atomic E-state index is 0.147. The lowest BCUT2D eigenvalue weighted by atomic mass is 10.2. The maximum absolute atomic E-state index is 11.5. The molecule has 0 aromatic rings. The molecule has 8 nitrogen and oxygen atoms in total. The van der Waals surface area contributed by atoms with Crippen LogP contribution in [0.1, 0.15) is 6.42 Å². The van der Waals surface area contributed by atoms with Crippen LogP contribution in [0.25, 0.3) is 0 Å². The molecule has 2 unspecified atom stereocenters. The van der Waals surface area contributed by atoms with E-state index in [4.69, 9.17) is 5.11 Å². The molecular formula is C10H17N3O5. The van der Waals surface area contributed by atoms with Gasteiger partial charge in [0, 0.05) is 20.7 Å².